The van der Waals surface area contributed by atoms with Gasteiger partial charge in [-0.25, -0.2) is 0 Å². The van der Waals surface area contributed by atoms with Gasteiger partial charge in [0.25, 0.3) is 0 Å². The van der Waals surface area contributed by atoms with E-state index in [2.05, 4.69) is 15.9 Å². The summed E-state index contributed by atoms with van der Waals surface area (Å²) in [4.78, 5) is 11.4. The minimum Gasteiger partial charge on any atom is -0.507 e. The van der Waals surface area contributed by atoms with Crippen molar-refractivity contribution in [3.05, 3.63) is 26.8 Å². The summed E-state index contributed by atoms with van der Waals surface area (Å²) >= 11 is 4.94. The molecule has 0 aliphatic heterocycles. The van der Waals surface area contributed by atoms with Crippen LogP contribution < -0.4 is 0 Å². The van der Waals surface area contributed by atoms with Crippen molar-refractivity contribution in [2.24, 2.45) is 0 Å². The standard InChI is InChI=1S/C9H5BrINO2/c10-3-9(14)6-2-7(11)8(13)1-5(6)4-12/h1-2,13H,3H2. The lowest BCUT2D eigenvalue weighted by atomic mass is 10.1. The zero-order valence-corrected chi connectivity index (χ0v) is 10.7. The van der Waals surface area contributed by atoms with E-state index < -0.39 is 0 Å². The predicted octanol–water partition coefficient (Wildman–Crippen LogP) is 2.45. The number of rotatable bonds is 2. The van der Waals surface area contributed by atoms with Gasteiger partial charge in [-0.1, -0.05) is 15.9 Å². The zero-order valence-electron chi connectivity index (χ0n) is 6.92. The molecule has 0 saturated carbocycles. The van der Waals surface area contributed by atoms with Crippen LogP contribution in [0.2, 0.25) is 0 Å². The summed E-state index contributed by atoms with van der Waals surface area (Å²) in [5, 5.41) is 18.2. The van der Waals surface area contributed by atoms with Crippen molar-refractivity contribution in [3.8, 4) is 11.8 Å². The molecule has 0 unspecified atom stereocenters. The molecule has 72 valence electrons. The summed E-state index contributed by atoms with van der Waals surface area (Å²) in [6, 6.07) is 4.69. The van der Waals surface area contributed by atoms with Crippen LogP contribution in [-0.4, -0.2) is 16.2 Å². The van der Waals surface area contributed by atoms with E-state index >= 15 is 0 Å². The average Bonchev–Trinajstić information content (AvgIpc) is 2.20. The maximum absolute atomic E-state index is 11.4. The lowest BCUT2D eigenvalue weighted by molar-refractivity contribution is 0.102. The fraction of sp³-hybridized carbons (Fsp3) is 0.111. The fourth-order valence-corrected chi connectivity index (χ4v) is 1.73. The number of aromatic hydroxyl groups is 1. The smallest absolute Gasteiger partial charge is 0.174 e. The molecular formula is C9H5BrINO2. The number of nitriles is 1. The van der Waals surface area contributed by atoms with Crippen molar-refractivity contribution in [1.29, 1.82) is 5.26 Å². The predicted molar refractivity (Wildman–Crippen MR) is 63.7 cm³/mol. The maximum Gasteiger partial charge on any atom is 0.174 e. The molecule has 5 heteroatoms. The number of halogens is 2. The lowest BCUT2D eigenvalue weighted by Crippen LogP contribution is -2.03. The second-order valence-corrected chi connectivity index (χ2v) is 4.24. The molecule has 14 heavy (non-hydrogen) atoms. The van der Waals surface area contributed by atoms with E-state index in [1.807, 2.05) is 28.7 Å². The highest BCUT2D eigenvalue weighted by atomic mass is 127. The average molecular weight is 366 g/mol. The number of ketones is 1. The Balaban J connectivity index is 3.36. The van der Waals surface area contributed by atoms with Gasteiger partial charge < -0.3 is 5.11 Å². The molecule has 0 bridgehead atoms. The van der Waals surface area contributed by atoms with Crippen LogP contribution >= 0.6 is 38.5 Å². The molecule has 1 rings (SSSR count). The summed E-state index contributed by atoms with van der Waals surface area (Å²) in [7, 11) is 0. The highest BCUT2D eigenvalue weighted by Crippen LogP contribution is 2.24. The van der Waals surface area contributed by atoms with Gasteiger partial charge in [0.2, 0.25) is 0 Å². The Morgan fingerprint density at radius 1 is 1.64 bits per heavy atom. The van der Waals surface area contributed by atoms with Crippen LogP contribution in [0.5, 0.6) is 5.75 Å². The fourth-order valence-electron chi connectivity index (χ4n) is 0.957. The van der Waals surface area contributed by atoms with E-state index in [9.17, 15) is 9.90 Å². The molecule has 0 saturated heterocycles. The van der Waals surface area contributed by atoms with Crippen molar-refractivity contribution in [2.45, 2.75) is 0 Å². The van der Waals surface area contributed by atoms with Gasteiger partial charge in [-0.3, -0.25) is 4.79 Å². The molecule has 0 aliphatic carbocycles. The molecule has 0 fully saturated rings. The van der Waals surface area contributed by atoms with Gasteiger partial charge in [0, 0.05) is 5.56 Å². The summed E-state index contributed by atoms with van der Waals surface area (Å²) in [5.74, 6) is -0.146. The number of hydrogen-bond donors (Lipinski definition) is 1. The van der Waals surface area contributed by atoms with Crippen molar-refractivity contribution >= 4 is 44.3 Å². The summed E-state index contributed by atoms with van der Waals surface area (Å²) in [5.41, 5.74) is 0.541. The summed E-state index contributed by atoms with van der Waals surface area (Å²) in [6.45, 7) is 0. The molecule has 0 amide bonds. The van der Waals surface area contributed by atoms with Crippen LogP contribution in [0.1, 0.15) is 15.9 Å². The maximum atomic E-state index is 11.4. The number of phenolic OH excluding ortho intramolecular Hbond substituents is 1. The number of alkyl halides is 1. The Kier molecular flexibility index (Phi) is 3.89. The Morgan fingerprint density at radius 3 is 2.79 bits per heavy atom. The number of phenols is 1. The van der Waals surface area contributed by atoms with Gasteiger partial charge in [0.05, 0.1) is 14.5 Å². The van der Waals surface area contributed by atoms with Crippen molar-refractivity contribution in [2.75, 3.05) is 5.33 Å². The molecule has 0 aromatic heterocycles. The number of nitrogens with zero attached hydrogens (tertiary/aromatic N) is 1. The zero-order chi connectivity index (χ0) is 10.7. The van der Waals surface area contributed by atoms with E-state index in [1.165, 1.54) is 12.1 Å². The van der Waals surface area contributed by atoms with Crippen LogP contribution in [0.4, 0.5) is 0 Å². The molecule has 0 aliphatic rings. The Morgan fingerprint density at radius 2 is 2.29 bits per heavy atom. The van der Waals surface area contributed by atoms with Gasteiger partial charge in [0.15, 0.2) is 5.78 Å². The first-order chi connectivity index (χ1) is 6.60. The van der Waals surface area contributed by atoms with Crippen molar-refractivity contribution in [3.63, 3.8) is 0 Å². The summed E-state index contributed by atoms with van der Waals surface area (Å²) in [6.07, 6.45) is 0. The van der Waals surface area contributed by atoms with Gasteiger partial charge in [-0.15, -0.1) is 0 Å². The third-order valence-electron chi connectivity index (χ3n) is 1.63. The molecule has 1 aromatic carbocycles. The first-order valence-corrected chi connectivity index (χ1v) is 5.82. The van der Waals surface area contributed by atoms with Crippen LogP contribution in [0.25, 0.3) is 0 Å². The molecule has 0 heterocycles. The van der Waals surface area contributed by atoms with E-state index in [4.69, 9.17) is 5.26 Å². The normalized spacial score (nSPS) is 9.50. The first-order valence-electron chi connectivity index (χ1n) is 3.62. The number of carbonyl (C=O) groups is 1. The van der Waals surface area contributed by atoms with Crippen molar-refractivity contribution < 1.29 is 9.90 Å². The van der Waals surface area contributed by atoms with E-state index in [0.29, 0.717) is 9.13 Å². The topological polar surface area (TPSA) is 61.1 Å². The lowest BCUT2D eigenvalue weighted by Gasteiger charge is -2.03. The minimum atomic E-state index is -0.167. The molecule has 1 aromatic rings. The van der Waals surface area contributed by atoms with E-state index in [1.54, 1.807) is 0 Å². The van der Waals surface area contributed by atoms with Crippen LogP contribution in [0.15, 0.2) is 12.1 Å². The number of carbonyl (C=O) groups excluding carboxylic acids is 1. The third-order valence-corrected chi connectivity index (χ3v) is 3.00. The highest BCUT2D eigenvalue weighted by Gasteiger charge is 2.13. The number of benzene rings is 1. The second kappa shape index (κ2) is 4.75. The monoisotopic (exact) mass is 365 g/mol. The second-order valence-electron chi connectivity index (χ2n) is 2.52. The Labute approximate surface area is 103 Å². The molecule has 0 spiro atoms. The van der Waals surface area contributed by atoms with Gasteiger partial charge in [0.1, 0.15) is 11.8 Å². The Bertz CT molecular complexity index is 426. The summed E-state index contributed by atoms with van der Waals surface area (Å²) < 4.78 is 0.561. The van der Waals surface area contributed by atoms with E-state index in [-0.39, 0.29) is 22.4 Å². The molecule has 0 atom stereocenters. The van der Waals surface area contributed by atoms with Crippen molar-refractivity contribution in [1.82, 2.24) is 0 Å². The van der Waals surface area contributed by atoms with Gasteiger partial charge in [-0.2, -0.15) is 5.26 Å². The molecule has 3 nitrogen and oxygen atoms in total. The van der Waals surface area contributed by atoms with Gasteiger partial charge in [-0.05, 0) is 34.7 Å². The first kappa shape index (κ1) is 11.5. The SMILES string of the molecule is N#Cc1cc(O)c(I)cc1C(=O)CBr. The third kappa shape index (κ3) is 2.25. The highest BCUT2D eigenvalue weighted by molar-refractivity contribution is 14.1. The molecule has 1 N–H and O–H groups in total. The van der Waals surface area contributed by atoms with Gasteiger partial charge >= 0.3 is 0 Å². The molecular weight excluding hydrogens is 361 g/mol. The Hall–Kier alpha value is -0.610. The minimum absolute atomic E-state index is 0.0215. The van der Waals surface area contributed by atoms with E-state index in [0.717, 1.165) is 0 Å². The van der Waals surface area contributed by atoms with Crippen LogP contribution in [0.3, 0.4) is 0 Å². The number of Topliss-reactive ketones (excluding diaryl/α,β-unsaturated/α-hetero) is 1. The quantitative estimate of drug-likeness (QED) is 0.497. The molecule has 0 radical (unpaired) electrons. The largest absolute Gasteiger partial charge is 0.507 e. The van der Waals surface area contributed by atoms with Crippen LogP contribution in [0, 0.1) is 14.9 Å². The van der Waals surface area contributed by atoms with Crippen LogP contribution in [-0.2, 0) is 0 Å². The number of hydrogen-bond acceptors (Lipinski definition) is 3.